The van der Waals surface area contributed by atoms with Gasteiger partial charge in [-0.1, -0.05) is 0 Å². The third kappa shape index (κ3) is 3.05. The number of esters is 4. The van der Waals surface area contributed by atoms with Crippen LogP contribution in [0.25, 0.3) is 0 Å². The molecule has 0 saturated heterocycles. The number of benzene rings is 1. The summed E-state index contributed by atoms with van der Waals surface area (Å²) < 4.78 is 18.2. The Morgan fingerprint density at radius 3 is 1.09 bits per heavy atom. The molecule has 0 heterocycles. The van der Waals surface area contributed by atoms with Gasteiger partial charge >= 0.3 is 23.9 Å². The summed E-state index contributed by atoms with van der Waals surface area (Å²) in [5.41, 5.74) is -1.32. The molecule has 118 valence electrons. The second-order valence-corrected chi connectivity index (χ2v) is 3.88. The summed E-state index contributed by atoms with van der Waals surface area (Å²) in [7, 11) is 4.34. The monoisotopic (exact) mass is 310 g/mol. The average Bonchev–Trinajstić information content (AvgIpc) is 2.57. The van der Waals surface area contributed by atoms with E-state index in [0.29, 0.717) is 0 Å². The Morgan fingerprint density at radius 2 is 0.864 bits per heavy atom. The molecule has 1 aromatic rings. The van der Waals surface area contributed by atoms with Crippen molar-refractivity contribution in [1.29, 1.82) is 0 Å². The predicted molar refractivity (Wildman–Crippen MR) is 71.8 cm³/mol. The number of hydrogen-bond acceptors (Lipinski definition) is 8. The van der Waals surface area contributed by atoms with E-state index in [4.69, 9.17) is 0 Å². The molecule has 0 atom stereocenters. The van der Waals surface area contributed by atoms with Gasteiger partial charge in [-0.05, 0) is 12.1 Å². The van der Waals surface area contributed by atoms with E-state index in [0.717, 1.165) is 40.6 Å². The fourth-order valence-electron chi connectivity index (χ4n) is 1.79. The Hall–Kier alpha value is -2.90. The fourth-order valence-corrected chi connectivity index (χ4v) is 1.79. The molecule has 22 heavy (non-hydrogen) atoms. The Bertz CT molecular complexity index is 577. The Balaban J connectivity index is 3.81. The number of hydrogen-bond donors (Lipinski definition) is 0. The molecule has 8 heteroatoms. The number of methoxy groups -OCH3 is 4. The summed E-state index contributed by atoms with van der Waals surface area (Å²) >= 11 is 0. The molecule has 0 aliphatic carbocycles. The van der Waals surface area contributed by atoms with Crippen molar-refractivity contribution in [1.82, 2.24) is 0 Å². The molecule has 0 spiro atoms. The van der Waals surface area contributed by atoms with Crippen molar-refractivity contribution in [2.24, 2.45) is 0 Å². The molecule has 0 saturated carbocycles. The summed E-state index contributed by atoms with van der Waals surface area (Å²) in [6.07, 6.45) is 0. The highest BCUT2D eigenvalue weighted by atomic mass is 16.5. The van der Waals surface area contributed by atoms with Gasteiger partial charge in [0.25, 0.3) is 0 Å². The Labute approximate surface area is 125 Å². The van der Waals surface area contributed by atoms with Gasteiger partial charge in [-0.25, -0.2) is 19.2 Å². The standard InChI is InChI=1S/C14H14O8/c1-19-11(15)7-5-6-8(12(16)20-2)10(14(18)22-4)9(7)13(17)21-3/h5-6H,1-4H3. The fraction of sp³-hybridized carbons (Fsp3) is 0.286. The van der Waals surface area contributed by atoms with Gasteiger partial charge in [0.2, 0.25) is 0 Å². The highest BCUT2D eigenvalue weighted by molar-refractivity contribution is 6.15. The maximum atomic E-state index is 12.0. The van der Waals surface area contributed by atoms with Gasteiger partial charge < -0.3 is 18.9 Å². The van der Waals surface area contributed by atoms with Crippen LogP contribution in [0.2, 0.25) is 0 Å². The van der Waals surface area contributed by atoms with Crippen molar-refractivity contribution in [3.05, 3.63) is 34.4 Å². The van der Waals surface area contributed by atoms with Crippen LogP contribution in [0.5, 0.6) is 0 Å². The molecule has 8 nitrogen and oxygen atoms in total. The molecule has 0 bridgehead atoms. The zero-order chi connectivity index (χ0) is 16.9. The van der Waals surface area contributed by atoms with Crippen LogP contribution in [0, 0.1) is 0 Å². The van der Waals surface area contributed by atoms with Crippen LogP contribution in [0.1, 0.15) is 41.4 Å². The smallest absolute Gasteiger partial charge is 0.339 e. The molecule has 0 aromatic heterocycles. The number of rotatable bonds is 4. The second kappa shape index (κ2) is 7.21. The lowest BCUT2D eigenvalue weighted by Gasteiger charge is -2.13. The molecule has 0 radical (unpaired) electrons. The molecule has 1 rings (SSSR count). The van der Waals surface area contributed by atoms with Crippen LogP contribution in [0.3, 0.4) is 0 Å². The first-order valence-corrected chi connectivity index (χ1v) is 5.93. The van der Waals surface area contributed by atoms with E-state index in [2.05, 4.69) is 18.9 Å². The van der Waals surface area contributed by atoms with Gasteiger partial charge in [0, 0.05) is 0 Å². The molecule has 0 N–H and O–H groups in total. The molecule has 0 fully saturated rings. The lowest BCUT2D eigenvalue weighted by atomic mass is 9.95. The first kappa shape index (κ1) is 17.2. The van der Waals surface area contributed by atoms with Crippen LogP contribution < -0.4 is 0 Å². The quantitative estimate of drug-likeness (QED) is 0.595. The molecule has 0 aliphatic rings. The van der Waals surface area contributed by atoms with Crippen LogP contribution in [0.4, 0.5) is 0 Å². The topological polar surface area (TPSA) is 105 Å². The summed E-state index contributed by atoms with van der Waals surface area (Å²) in [5, 5.41) is 0. The van der Waals surface area contributed by atoms with E-state index >= 15 is 0 Å². The molecular formula is C14H14O8. The van der Waals surface area contributed by atoms with E-state index in [1.54, 1.807) is 0 Å². The van der Waals surface area contributed by atoms with Crippen molar-refractivity contribution in [3.63, 3.8) is 0 Å². The molecule has 0 unspecified atom stereocenters. The lowest BCUT2D eigenvalue weighted by molar-refractivity contribution is 0.0521. The van der Waals surface area contributed by atoms with E-state index < -0.39 is 35.0 Å². The largest absolute Gasteiger partial charge is 0.465 e. The van der Waals surface area contributed by atoms with Gasteiger partial charge in [0.15, 0.2) is 0 Å². The number of carbonyl (C=O) groups excluding carboxylic acids is 4. The van der Waals surface area contributed by atoms with Crippen molar-refractivity contribution >= 4 is 23.9 Å². The van der Waals surface area contributed by atoms with Crippen molar-refractivity contribution in [2.45, 2.75) is 0 Å². The summed E-state index contributed by atoms with van der Waals surface area (Å²) in [6.45, 7) is 0. The van der Waals surface area contributed by atoms with Crippen LogP contribution in [0.15, 0.2) is 12.1 Å². The third-order valence-electron chi connectivity index (χ3n) is 2.79. The van der Waals surface area contributed by atoms with Gasteiger partial charge in [0.1, 0.15) is 0 Å². The first-order chi connectivity index (χ1) is 10.4. The SMILES string of the molecule is COC(=O)c1ccc(C(=O)OC)c(C(=O)OC)c1C(=O)OC. The minimum atomic E-state index is -0.994. The Morgan fingerprint density at radius 1 is 0.591 bits per heavy atom. The summed E-state index contributed by atoms with van der Waals surface area (Å²) in [6, 6.07) is 2.33. The lowest BCUT2D eigenvalue weighted by Crippen LogP contribution is -2.22. The minimum absolute atomic E-state index is 0.234. The average molecular weight is 310 g/mol. The van der Waals surface area contributed by atoms with Gasteiger partial charge in [0.05, 0.1) is 50.7 Å². The van der Waals surface area contributed by atoms with Gasteiger partial charge in [-0.2, -0.15) is 0 Å². The van der Waals surface area contributed by atoms with E-state index in [1.165, 1.54) is 0 Å². The maximum absolute atomic E-state index is 12.0. The van der Waals surface area contributed by atoms with Crippen molar-refractivity contribution < 1.29 is 38.1 Å². The molecular weight excluding hydrogens is 296 g/mol. The van der Waals surface area contributed by atoms with Crippen LogP contribution in [-0.4, -0.2) is 52.3 Å². The number of carbonyl (C=O) groups is 4. The van der Waals surface area contributed by atoms with E-state index in [1.807, 2.05) is 0 Å². The summed E-state index contributed by atoms with van der Waals surface area (Å²) in [5.74, 6) is -3.73. The summed E-state index contributed by atoms with van der Waals surface area (Å²) in [4.78, 5) is 47.5. The highest BCUT2D eigenvalue weighted by Gasteiger charge is 2.31. The van der Waals surface area contributed by atoms with Gasteiger partial charge in [-0.3, -0.25) is 0 Å². The van der Waals surface area contributed by atoms with Crippen LogP contribution >= 0.6 is 0 Å². The van der Waals surface area contributed by atoms with E-state index in [-0.39, 0.29) is 11.1 Å². The van der Waals surface area contributed by atoms with Crippen molar-refractivity contribution in [3.8, 4) is 0 Å². The normalized spacial score (nSPS) is 9.64. The zero-order valence-electron chi connectivity index (χ0n) is 12.4. The third-order valence-corrected chi connectivity index (χ3v) is 2.79. The maximum Gasteiger partial charge on any atom is 0.339 e. The minimum Gasteiger partial charge on any atom is -0.465 e. The second-order valence-electron chi connectivity index (χ2n) is 3.88. The highest BCUT2D eigenvalue weighted by Crippen LogP contribution is 2.23. The predicted octanol–water partition coefficient (Wildman–Crippen LogP) is 0.833. The molecule has 0 aliphatic heterocycles. The van der Waals surface area contributed by atoms with E-state index in [9.17, 15) is 19.2 Å². The van der Waals surface area contributed by atoms with Crippen molar-refractivity contribution in [2.75, 3.05) is 28.4 Å². The van der Waals surface area contributed by atoms with Crippen LogP contribution in [-0.2, 0) is 18.9 Å². The molecule has 1 aromatic carbocycles. The number of ether oxygens (including phenoxy) is 4. The zero-order valence-corrected chi connectivity index (χ0v) is 12.4. The molecule has 0 amide bonds. The van der Waals surface area contributed by atoms with Gasteiger partial charge in [-0.15, -0.1) is 0 Å². The first-order valence-electron chi connectivity index (χ1n) is 5.93. The Kier molecular flexibility index (Phi) is 5.62.